The molecule has 0 saturated carbocycles. The molecule has 3 heterocycles. The van der Waals surface area contributed by atoms with Gasteiger partial charge < -0.3 is 19.9 Å². The lowest BCUT2D eigenvalue weighted by molar-refractivity contribution is -0.118. The second-order valence-corrected chi connectivity index (χ2v) is 7.85. The average molecular weight is 452 g/mol. The summed E-state index contributed by atoms with van der Waals surface area (Å²) >= 11 is 1.45. The molecule has 0 fully saturated rings. The zero-order chi connectivity index (χ0) is 22.3. The number of hydrogen-bond donors (Lipinski definition) is 2. The minimum absolute atomic E-state index is 0.157. The van der Waals surface area contributed by atoms with Crippen LogP contribution in [0.4, 0.5) is 0 Å². The van der Waals surface area contributed by atoms with Gasteiger partial charge in [0.05, 0.1) is 19.1 Å². The third-order valence-corrected chi connectivity index (χ3v) is 5.64. The highest BCUT2D eigenvalue weighted by Crippen LogP contribution is 2.27. The van der Waals surface area contributed by atoms with Crippen molar-refractivity contribution in [3.05, 3.63) is 77.9 Å². The van der Waals surface area contributed by atoms with Gasteiger partial charge in [0.25, 0.3) is 5.91 Å². The largest absolute Gasteiger partial charge is 0.467 e. The van der Waals surface area contributed by atoms with Crippen LogP contribution in [-0.2, 0) is 23.6 Å². The standard InChI is InChI=1S/C22H21N5O4S/c23-19(28)8-9-27-20(18-7-3-11-31-18)25-26-22(27)32-14-15-4-1-5-16(12-15)21(29)24-13-17-6-2-10-30-17/h1-7,10-12H,8-9,13-14H2,(H2,23,28)(H,24,29). The number of benzene rings is 1. The van der Waals surface area contributed by atoms with Gasteiger partial charge in [-0.1, -0.05) is 23.9 Å². The molecule has 0 bridgehead atoms. The van der Waals surface area contributed by atoms with Crippen LogP contribution >= 0.6 is 11.8 Å². The summed E-state index contributed by atoms with van der Waals surface area (Å²) in [5.74, 6) is 1.75. The summed E-state index contributed by atoms with van der Waals surface area (Å²) in [5.41, 5.74) is 6.83. The zero-order valence-corrected chi connectivity index (χ0v) is 17.9. The molecule has 4 rings (SSSR count). The molecule has 0 aliphatic heterocycles. The number of furan rings is 2. The summed E-state index contributed by atoms with van der Waals surface area (Å²) < 4.78 is 12.5. The van der Waals surface area contributed by atoms with Gasteiger partial charge in [0, 0.05) is 24.3 Å². The van der Waals surface area contributed by atoms with E-state index in [2.05, 4.69) is 15.5 Å². The van der Waals surface area contributed by atoms with Gasteiger partial charge in [-0.05, 0) is 42.0 Å². The van der Waals surface area contributed by atoms with E-state index in [4.69, 9.17) is 14.6 Å². The Hall–Kier alpha value is -3.79. The number of primary amides is 1. The van der Waals surface area contributed by atoms with Crippen molar-refractivity contribution >= 4 is 23.6 Å². The van der Waals surface area contributed by atoms with Crippen molar-refractivity contribution in [2.24, 2.45) is 5.73 Å². The number of rotatable bonds is 10. The monoisotopic (exact) mass is 451 g/mol. The van der Waals surface area contributed by atoms with Crippen LogP contribution < -0.4 is 11.1 Å². The molecule has 0 aliphatic rings. The second-order valence-electron chi connectivity index (χ2n) is 6.90. The van der Waals surface area contributed by atoms with E-state index in [1.807, 2.05) is 22.8 Å². The van der Waals surface area contributed by atoms with Crippen LogP contribution in [-0.4, -0.2) is 26.6 Å². The number of aromatic nitrogens is 3. The predicted octanol–water partition coefficient (Wildman–Crippen LogP) is 3.23. The lowest BCUT2D eigenvalue weighted by Gasteiger charge is -2.09. The zero-order valence-electron chi connectivity index (χ0n) is 17.1. The average Bonchev–Trinajstić information content (AvgIpc) is 3.56. The number of thioether (sulfide) groups is 1. The maximum absolute atomic E-state index is 12.5. The Morgan fingerprint density at radius 2 is 1.91 bits per heavy atom. The highest BCUT2D eigenvalue weighted by Gasteiger charge is 2.17. The molecule has 0 unspecified atom stereocenters. The Bertz CT molecular complexity index is 1190. The Morgan fingerprint density at radius 1 is 1.06 bits per heavy atom. The van der Waals surface area contributed by atoms with Crippen molar-refractivity contribution in [3.63, 3.8) is 0 Å². The van der Waals surface area contributed by atoms with Gasteiger partial charge >= 0.3 is 0 Å². The number of nitrogens with one attached hydrogen (secondary N) is 1. The molecule has 0 saturated heterocycles. The molecular formula is C22H21N5O4S. The third-order valence-electron chi connectivity index (χ3n) is 4.60. The Kier molecular flexibility index (Phi) is 6.71. The first-order chi connectivity index (χ1) is 15.6. The second kappa shape index (κ2) is 10.0. The Morgan fingerprint density at radius 3 is 2.66 bits per heavy atom. The SMILES string of the molecule is NC(=O)CCn1c(SCc2cccc(C(=O)NCc3ccco3)c2)nnc1-c1ccco1. The number of amides is 2. The van der Waals surface area contributed by atoms with Crippen LogP contribution in [0.25, 0.3) is 11.6 Å². The molecule has 9 nitrogen and oxygen atoms in total. The van der Waals surface area contributed by atoms with Crippen molar-refractivity contribution < 1.29 is 18.4 Å². The highest BCUT2D eigenvalue weighted by molar-refractivity contribution is 7.98. The van der Waals surface area contributed by atoms with E-state index in [9.17, 15) is 9.59 Å². The van der Waals surface area contributed by atoms with E-state index < -0.39 is 5.91 Å². The number of nitrogens with zero attached hydrogens (tertiary/aromatic N) is 3. The topological polar surface area (TPSA) is 129 Å². The molecule has 2 amide bonds. The van der Waals surface area contributed by atoms with E-state index in [1.54, 1.807) is 42.9 Å². The number of carbonyl (C=O) groups excluding carboxylic acids is 2. The van der Waals surface area contributed by atoms with Crippen LogP contribution in [0.2, 0.25) is 0 Å². The Labute approximate surface area is 188 Å². The first kappa shape index (κ1) is 21.4. The lowest BCUT2D eigenvalue weighted by Crippen LogP contribution is -2.22. The molecule has 32 heavy (non-hydrogen) atoms. The summed E-state index contributed by atoms with van der Waals surface area (Å²) in [5, 5.41) is 11.9. The van der Waals surface area contributed by atoms with E-state index in [0.717, 1.165) is 5.56 Å². The first-order valence-electron chi connectivity index (χ1n) is 9.88. The van der Waals surface area contributed by atoms with Crippen molar-refractivity contribution in [3.8, 4) is 11.6 Å². The molecule has 3 N–H and O–H groups in total. The van der Waals surface area contributed by atoms with Gasteiger partial charge in [-0.3, -0.25) is 14.2 Å². The third kappa shape index (κ3) is 5.27. The predicted molar refractivity (Wildman–Crippen MR) is 117 cm³/mol. The van der Waals surface area contributed by atoms with Gasteiger partial charge in [0.2, 0.25) is 5.91 Å². The molecule has 3 aromatic heterocycles. The van der Waals surface area contributed by atoms with Crippen LogP contribution in [0.3, 0.4) is 0 Å². The fraction of sp³-hybridized carbons (Fsp3) is 0.182. The highest BCUT2D eigenvalue weighted by atomic mass is 32.2. The summed E-state index contributed by atoms with van der Waals surface area (Å²) in [6.45, 7) is 0.666. The summed E-state index contributed by atoms with van der Waals surface area (Å²) in [6.07, 6.45) is 3.28. The molecule has 0 radical (unpaired) electrons. The maximum atomic E-state index is 12.5. The van der Waals surface area contributed by atoms with Crippen molar-refractivity contribution in [1.29, 1.82) is 0 Å². The van der Waals surface area contributed by atoms with Gasteiger partial charge in [0.1, 0.15) is 5.76 Å². The molecule has 10 heteroatoms. The maximum Gasteiger partial charge on any atom is 0.251 e. The lowest BCUT2D eigenvalue weighted by atomic mass is 10.1. The first-order valence-corrected chi connectivity index (χ1v) is 10.9. The fourth-order valence-corrected chi connectivity index (χ4v) is 3.95. The van der Waals surface area contributed by atoms with Gasteiger partial charge in [-0.25, -0.2) is 0 Å². The molecule has 164 valence electrons. The van der Waals surface area contributed by atoms with Crippen LogP contribution in [0.5, 0.6) is 0 Å². The number of carbonyl (C=O) groups is 2. The summed E-state index contributed by atoms with van der Waals surface area (Å²) in [7, 11) is 0. The molecular weight excluding hydrogens is 430 g/mol. The van der Waals surface area contributed by atoms with E-state index in [-0.39, 0.29) is 12.3 Å². The summed E-state index contributed by atoms with van der Waals surface area (Å²) in [4.78, 5) is 23.8. The van der Waals surface area contributed by atoms with Crippen molar-refractivity contribution in [1.82, 2.24) is 20.1 Å². The van der Waals surface area contributed by atoms with E-state index in [0.29, 0.717) is 46.9 Å². The minimum Gasteiger partial charge on any atom is -0.467 e. The van der Waals surface area contributed by atoms with Crippen LogP contribution in [0.1, 0.15) is 28.1 Å². The van der Waals surface area contributed by atoms with Crippen LogP contribution in [0.15, 0.2) is 75.0 Å². The molecule has 4 aromatic rings. The molecule has 0 atom stereocenters. The Balaban J connectivity index is 1.44. The molecule has 0 aliphatic carbocycles. The normalized spacial score (nSPS) is 10.9. The van der Waals surface area contributed by atoms with Gasteiger partial charge in [-0.15, -0.1) is 10.2 Å². The number of hydrogen-bond acceptors (Lipinski definition) is 7. The fourth-order valence-electron chi connectivity index (χ4n) is 3.04. The van der Waals surface area contributed by atoms with Crippen molar-refractivity contribution in [2.75, 3.05) is 0 Å². The smallest absolute Gasteiger partial charge is 0.251 e. The van der Waals surface area contributed by atoms with Crippen molar-refractivity contribution in [2.45, 2.75) is 30.4 Å². The minimum atomic E-state index is -0.409. The van der Waals surface area contributed by atoms with Crippen LogP contribution in [0, 0.1) is 0 Å². The summed E-state index contributed by atoms with van der Waals surface area (Å²) in [6, 6.07) is 14.5. The van der Waals surface area contributed by atoms with Gasteiger partial charge in [0.15, 0.2) is 16.7 Å². The molecule has 1 aromatic carbocycles. The van der Waals surface area contributed by atoms with E-state index in [1.165, 1.54) is 11.8 Å². The molecule has 0 spiro atoms. The van der Waals surface area contributed by atoms with E-state index >= 15 is 0 Å². The van der Waals surface area contributed by atoms with Gasteiger partial charge in [-0.2, -0.15) is 0 Å². The number of nitrogens with two attached hydrogens (primary N) is 1. The quantitative estimate of drug-likeness (QED) is 0.354.